The normalized spacial score (nSPS) is 12.2. The van der Waals surface area contributed by atoms with E-state index in [4.69, 9.17) is 0 Å². The van der Waals surface area contributed by atoms with E-state index in [0.717, 1.165) is 12.0 Å². The molecule has 1 heterocycles. The number of hydrogen-bond acceptors (Lipinski definition) is 2. The van der Waals surface area contributed by atoms with E-state index in [9.17, 15) is 4.79 Å². The van der Waals surface area contributed by atoms with Gasteiger partial charge in [0.05, 0.1) is 6.04 Å². The second-order valence-corrected chi connectivity index (χ2v) is 5.30. The van der Waals surface area contributed by atoms with Crippen LogP contribution in [0.5, 0.6) is 0 Å². The summed E-state index contributed by atoms with van der Waals surface area (Å²) in [5.41, 5.74) is 1.79. The van der Waals surface area contributed by atoms with Crippen LogP contribution in [0.15, 0.2) is 54.9 Å². The molecule has 0 spiro atoms. The third-order valence-corrected chi connectivity index (χ3v) is 3.16. The number of rotatable bonds is 5. The highest BCUT2D eigenvalue weighted by atomic mass is 16.1. The van der Waals surface area contributed by atoms with Crippen molar-refractivity contribution in [2.75, 3.05) is 0 Å². The minimum atomic E-state index is -0.0342. The molecule has 0 aliphatic rings. The quantitative estimate of drug-likeness (QED) is 0.900. The number of amides is 1. The van der Waals surface area contributed by atoms with Crippen LogP contribution in [0.2, 0.25) is 0 Å². The van der Waals surface area contributed by atoms with Crippen molar-refractivity contribution in [3.05, 3.63) is 66.0 Å². The number of pyridine rings is 1. The number of carbonyl (C=O) groups is 1. The van der Waals surface area contributed by atoms with Crippen molar-refractivity contribution in [3.63, 3.8) is 0 Å². The van der Waals surface area contributed by atoms with Crippen molar-refractivity contribution in [1.82, 2.24) is 10.3 Å². The van der Waals surface area contributed by atoms with E-state index in [1.54, 1.807) is 12.4 Å². The Bertz CT molecular complexity index is 537. The number of benzene rings is 1. The first kappa shape index (κ1) is 14.3. The molecular formula is C17H20N2O. The Morgan fingerprint density at radius 1 is 1.10 bits per heavy atom. The number of hydrogen-bond donors (Lipinski definition) is 1. The fraction of sp³-hybridized carbons (Fsp3) is 0.294. The van der Waals surface area contributed by atoms with Crippen molar-refractivity contribution < 1.29 is 4.79 Å². The zero-order valence-corrected chi connectivity index (χ0v) is 11.9. The SMILES string of the molecule is CC(C)CC(NC(=O)c1ccccc1)c1ccncc1. The van der Waals surface area contributed by atoms with Gasteiger partial charge in [-0.3, -0.25) is 9.78 Å². The first-order valence-corrected chi connectivity index (χ1v) is 6.92. The van der Waals surface area contributed by atoms with E-state index in [2.05, 4.69) is 24.1 Å². The van der Waals surface area contributed by atoms with Crippen LogP contribution in [-0.4, -0.2) is 10.9 Å². The van der Waals surface area contributed by atoms with Crippen LogP contribution in [0.4, 0.5) is 0 Å². The largest absolute Gasteiger partial charge is 0.345 e. The summed E-state index contributed by atoms with van der Waals surface area (Å²) >= 11 is 0. The monoisotopic (exact) mass is 268 g/mol. The van der Waals surface area contributed by atoms with Crippen LogP contribution < -0.4 is 5.32 Å². The van der Waals surface area contributed by atoms with Gasteiger partial charge in [-0.25, -0.2) is 0 Å². The van der Waals surface area contributed by atoms with Crippen LogP contribution in [0, 0.1) is 5.92 Å². The van der Waals surface area contributed by atoms with Gasteiger partial charge in [0.15, 0.2) is 0 Å². The van der Waals surface area contributed by atoms with E-state index >= 15 is 0 Å². The lowest BCUT2D eigenvalue weighted by atomic mass is 9.97. The summed E-state index contributed by atoms with van der Waals surface area (Å²) in [6.45, 7) is 4.31. The zero-order chi connectivity index (χ0) is 14.4. The van der Waals surface area contributed by atoms with E-state index < -0.39 is 0 Å². The first-order valence-electron chi connectivity index (χ1n) is 6.92. The van der Waals surface area contributed by atoms with Gasteiger partial charge >= 0.3 is 0 Å². The number of nitrogens with zero attached hydrogens (tertiary/aromatic N) is 1. The highest BCUT2D eigenvalue weighted by Gasteiger charge is 2.16. The number of aromatic nitrogens is 1. The second kappa shape index (κ2) is 6.85. The fourth-order valence-electron chi connectivity index (χ4n) is 2.18. The van der Waals surface area contributed by atoms with Gasteiger partial charge in [0.25, 0.3) is 5.91 Å². The van der Waals surface area contributed by atoms with Gasteiger partial charge in [-0.1, -0.05) is 32.0 Å². The molecule has 2 aromatic rings. The summed E-state index contributed by atoms with van der Waals surface area (Å²) in [6, 6.07) is 13.2. The molecule has 0 saturated carbocycles. The summed E-state index contributed by atoms with van der Waals surface area (Å²) in [4.78, 5) is 16.3. The molecule has 1 aromatic heterocycles. The maximum Gasteiger partial charge on any atom is 0.251 e. The summed E-state index contributed by atoms with van der Waals surface area (Å²) in [6.07, 6.45) is 4.43. The average molecular weight is 268 g/mol. The summed E-state index contributed by atoms with van der Waals surface area (Å²) in [5, 5.41) is 3.11. The van der Waals surface area contributed by atoms with Crippen molar-refractivity contribution >= 4 is 5.91 Å². The zero-order valence-electron chi connectivity index (χ0n) is 11.9. The standard InChI is InChI=1S/C17H20N2O/c1-13(2)12-16(14-8-10-18-11-9-14)19-17(20)15-6-4-3-5-7-15/h3-11,13,16H,12H2,1-2H3,(H,19,20). The molecule has 2 rings (SSSR count). The summed E-state index contributed by atoms with van der Waals surface area (Å²) in [7, 11) is 0. The molecule has 0 bridgehead atoms. The van der Waals surface area contributed by atoms with Crippen molar-refractivity contribution in [2.45, 2.75) is 26.3 Å². The maximum atomic E-state index is 12.3. The van der Waals surface area contributed by atoms with E-state index in [0.29, 0.717) is 11.5 Å². The van der Waals surface area contributed by atoms with Crippen molar-refractivity contribution in [2.24, 2.45) is 5.92 Å². The average Bonchev–Trinajstić information content (AvgIpc) is 2.48. The molecule has 3 heteroatoms. The predicted octanol–water partition coefficient (Wildman–Crippen LogP) is 3.60. The molecule has 0 saturated heterocycles. The van der Waals surface area contributed by atoms with Gasteiger partial charge < -0.3 is 5.32 Å². The molecule has 0 fully saturated rings. The Hall–Kier alpha value is -2.16. The molecular weight excluding hydrogens is 248 g/mol. The molecule has 1 unspecified atom stereocenters. The topological polar surface area (TPSA) is 42.0 Å². The Morgan fingerprint density at radius 2 is 1.75 bits per heavy atom. The molecule has 104 valence electrons. The molecule has 1 N–H and O–H groups in total. The summed E-state index contributed by atoms with van der Waals surface area (Å²) in [5.74, 6) is 0.470. The van der Waals surface area contributed by atoms with E-state index in [1.165, 1.54) is 0 Å². The smallest absolute Gasteiger partial charge is 0.251 e. The Labute approximate surface area is 120 Å². The molecule has 1 amide bonds. The van der Waals surface area contributed by atoms with E-state index in [-0.39, 0.29) is 11.9 Å². The van der Waals surface area contributed by atoms with Crippen LogP contribution in [-0.2, 0) is 0 Å². The van der Waals surface area contributed by atoms with Gasteiger partial charge in [0, 0.05) is 18.0 Å². The first-order chi connectivity index (χ1) is 9.66. The second-order valence-electron chi connectivity index (χ2n) is 5.30. The Morgan fingerprint density at radius 3 is 2.35 bits per heavy atom. The van der Waals surface area contributed by atoms with Crippen LogP contribution in [0.3, 0.4) is 0 Å². The number of nitrogens with one attached hydrogen (secondary N) is 1. The lowest BCUT2D eigenvalue weighted by molar-refractivity contribution is 0.0932. The molecule has 3 nitrogen and oxygen atoms in total. The van der Waals surface area contributed by atoms with Crippen LogP contribution in [0.1, 0.15) is 42.2 Å². The molecule has 1 atom stereocenters. The molecule has 0 aliphatic carbocycles. The molecule has 1 aromatic carbocycles. The van der Waals surface area contributed by atoms with Gasteiger partial charge in [0.1, 0.15) is 0 Å². The van der Waals surface area contributed by atoms with Crippen molar-refractivity contribution in [1.29, 1.82) is 0 Å². The highest BCUT2D eigenvalue weighted by Crippen LogP contribution is 2.21. The molecule has 0 aliphatic heterocycles. The van der Waals surface area contributed by atoms with Gasteiger partial charge in [-0.2, -0.15) is 0 Å². The van der Waals surface area contributed by atoms with Gasteiger partial charge in [-0.05, 0) is 42.2 Å². The fourth-order valence-corrected chi connectivity index (χ4v) is 2.18. The Kier molecular flexibility index (Phi) is 4.88. The predicted molar refractivity (Wildman–Crippen MR) is 80.3 cm³/mol. The third-order valence-electron chi connectivity index (χ3n) is 3.16. The molecule has 20 heavy (non-hydrogen) atoms. The Balaban J connectivity index is 2.14. The summed E-state index contributed by atoms with van der Waals surface area (Å²) < 4.78 is 0. The van der Waals surface area contributed by atoms with E-state index in [1.807, 2.05) is 42.5 Å². The van der Waals surface area contributed by atoms with Crippen molar-refractivity contribution in [3.8, 4) is 0 Å². The maximum absolute atomic E-state index is 12.3. The lowest BCUT2D eigenvalue weighted by Gasteiger charge is -2.21. The van der Waals surface area contributed by atoms with Gasteiger partial charge in [0.2, 0.25) is 0 Å². The number of carbonyl (C=O) groups excluding carboxylic acids is 1. The lowest BCUT2D eigenvalue weighted by Crippen LogP contribution is -2.29. The highest BCUT2D eigenvalue weighted by molar-refractivity contribution is 5.94. The van der Waals surface area contributed by atoms with Crippen LogP contribution >= 0.6 is 0 Å². The third kappa shape index (κ3) is 3.92. The van der Waals surface area contributed by atoms with Crippen LogP contribution in [0.25, 0.3) is 0 Å². The van der Waals surface area contributed by atoms with Gasteiger partial charge in [-0.15, -0.1) is 0 Å². The minimum absolute atomic E-state index is 0.0192. The molecule has 0 radical (unpaired) electrons. The minimum Gasteiger partial charge on any atom is -0.345 e.